The summed E-state index contributed by atoms with van der Waals surface area (Å²) in [5, 5.41) is 10.6. The maximum Gasteiger partial charge on any atom is 0.272 e. The Bertz CT molecular complexity index is 673. The summed E-state index contributed by atoms with van der Waals surface area (Å²) in [4.78, 5) is 10.0. The SMILES string of the molecule is O=[N+]([O-])c1cc(Cl)c(Oc2ccc(F)c(Br)c2)c(Cl)c1. The summed E-state index contributed by atoms with van der Waals surface area (Å²) in [6.45, 7) is 0. The van der Waals surface area contributed by atoms with Gasteiger partial charge in [0.25, 0.3) is 5.69 Å². The maximum absolute atomic E-state index is 13.1. The summed E-state index contributed by atoms with van der Waals surface area (Å²) in [7, 11) is 0. The molecule has 0 fully saturated rings. The summed E-state index contributed by atoms with van der Waals surface area (Å²) in [6, 6.07) is 6.23. The van der Waals surface area contributed by atoms with Gasteiger partial charge in [-0.25, -0.2) is 4.39 Å². The molecule has 0 aromatic heterocycles. The molecule has 0 heterocycles. The molecule has 0 N–H and O–H groups in total. The van der Waals surface area contributed by atoms with Crippen molar-refractivity contribution >= 4 is 44.8 Å². The van der Waals surface area contributed by atoms with Gasteiger partial charge in [0.1, 0.15) is 11.6 Å². The van der Waals surface area contributed by atoms with Crippen LogP contribution in [0.2, 0.25) is 10.0 Å². The number of nitrogens with zero attached hydrogens (tertiary/aromatic N) is 1. The van der Waals surface area contributed by atoms with Crippen molar-refractivity contribution in [1.29, 1.82) is 0 Å². The zero-order valence-electron chi connectivity index (χ0n) is 9.57. The van der Waals surface area contributed by atoms with Crippen LogP contribution in [0, 0.1) is 15.9 Å². The van der Waals surface area contributed by atoms with E-state index in [1.807, 2.05) is 0 Å². The van der Waals surface area contributed by atoms with Gasteiger partial charge in [-0.3, -0.25) is 10.1 Å². The zero-order valence-corrected chi connectivity index (χ0v) is 12.7. The molecule has 2 aromatic carbocycles. The summed E-state index contributed by atoms with van der Waals surface area (Å²) in [6.07, 6.45) is 0. The zero-order chi connectivity index (χ0) is 14.9. The third-order valence-electron chi connectivity index (χ3n) is 2.30. The monoisotopic (exact) mass is 379 g/mol. The van der Waals surface area contributed by atoms with E-state index in [1.54, 1.807) is 0 Å². The second-order valence-corrected chi connectivity index (χ2v) is 5.34. The van der Waals surface area contributed by atoms with Crippen molar-refractivity contribution in [1.82, 2.24) is 0 Å². The van der Waals surface area contributed by atoms with Crippen LogP contribution in [0.4, 0.5) is 10.1 Å². The second-order valence-electron chi connectivity index (χ2n) is 3.67. The average Bonchev–Trinajstić information content (AvgIpc) is 2.37. The van der Waals surface area contributed by atoms with Crippen LogP contribution in [0.1, 0.15) is 0 Å². The smallest absolute Gasteiger partial charge is 0.272 e. The molecule has 0 saturated carbocycles. The number of non-ortho nitro benzene ring substituents is 1. The molecule has 4 nitrogen and oxygen atoms in total. The van der Waals surface area contributed by atoms with Crippen LogP contribution in [-0.4, -0.2) is 4.92 Å². The Balaban J connectivity index is 2.38. The van der Waals surface area contributed by atoms with Gasteiger partial charge >= 0.3 is 0 Å². The highest BCUT2D eigenvalue weighted by atomic mass is 79.9. The van der Waals surface area contributed by atoms with Crippen LogP contribution >= 0.6 is 39.1 Å². The van der Waals surface area contributed by atoms with Crippen LogP contribution in [-0.2, 0) is 0 Å². The van der Waals surface area contributed by atoms with Gasteiger partial charge in [-0.1, -0.05) is 23.2 Å². The standard InChI is InChI=1S/C12H5BrCl2FNO3/c13-8-5-7(1-2-11(8)16)20-12-9(14)3-6(17(18)19)4-10(12)15/h1-5H. The second kappa shape index (κ2) is 5.95. The lowest BCUT2D eigenvalue weighted by molar-refractivity contribution is -0.384. The Morgan fingerprint density at radius 3 is 2.30 bits per heavy atom. The minimum absolute atomic E-state index is 0.00959. The summed E-state index contributed by atoms with van der Waals surface area (Å²) < 4.78 is 18.7. The van der Waals surface area contributed by atoms with E-state index in [-0.39, 0.29) is 31.7 Å². The molecule has 0 atom stereocenters. The van der Waals surface area contributed by atoms with Crippen molar-refractivity contribution in [3.05, 3.63) is 60.8 Å². The van der Waals surface area contributed by atoms with Crippen LogP contribution < -0.4 is 4.74 Å². The summed E-state index contributed by atoms with van der Waals surface area (Å²) in [5.41, 5.74) is -0.243. The van der Waals surface area contributed by atoms with Crippen LogP contribution in [0.3, 0.4) is 0 Å². The number of ether oxygens (including phenoxy) is 1. The van der Waals surface area contributed by atoms with E-state index in [0.29, 0.717) is 0 Å². The maximum atomic E-state index is 13.1. The molecule has 0 spiro atoms. The van der Waals surface area contributed by atoms with Gasteiger partial charge in [-0.05, 0) is 34.1 Å². The topological polar surface area (TPSA) is 52.4 Å². The van der Waals surface area contributed by atoms with Crippen LogP contribution in [0.5, 0.6) is 11.5 Å². The lowest BCUT2D eigenvalue weighted by atomic mass is 10.3. The number of benzene rings is 2. The van der Waals surface area contributed by atoms with E-state index in [4.69, 9.17) is 27.9 Å². The number of halogens is 4. The van der Waals surface area contributed by atoms with E-state index in [0.717, 1.165) is 12.1 Å². The number of nitro benzene ring substituents is 1. The normalized spacial score (nSPS) is 10.4. The van der Waals surface area contributed by atoms with Gasteiger partial charge in [0, 0.05) is 12.1 Å². The van der Waals surface area contributed by atoms with E-state index < -0.39 is 10.7 Å². The van der Waals surface area contributed by atoms with Gasteiger partial charge in [0.05, 0.1) is 19.4 Å². The van der Waals surface area contributed by atoms with Crippen molar-refractivity contribution in [2.45, 2.75) is 0 Å². The molecule has 0 unspecified atom stereocenters. The molecule has 8 heteroatoms. The van der Waals surface area contributed by atoms with Gasteiger partial charge in [-0.15, -0.1) is 0 Å². The first-order chi connectivity index (χ1) is 9.38. The fraction of sp³-hybridized carbons (Fsp3) is 0. The molecule has 0 amide bonds. The van der Waals surface area contributed by atoms with Crippen molar-refractivity contribution < 1.29 is 14.1 Å². The van der Waals surface area contributed by atoms with Gasteiger partial charge in [-0.2, -0.15) is 0 Å². The number of rotatable bonds is 3. The van der Waals surface area contributed by atoms with E-state index >= 15 is 0 Å². The largest absolute Gasteiger partial charge is 0.454 e. The lowest BCUT2D eigenvalue weighted by Crippen LogP contribution is -1.92. The number of nitro groups is 1. The third-order valence-corrected chi connectivity index (χ3v) is 3.47. The molecule has 104 valence electrons. The Hall–Kier alpha value is -1.37. The van der Waals surface area contributed by atoms with Crippen molar-refractivity contribution in [3.8, 4) is 11.5 Å². The van der Waals surface area contributed by atoms with Gasteiger partial charge in [0.2, 0.25) is 0 Å². The predicted molar refractivity (Wildman–Crippen MR) is 77.3 cm³/mol. The number of hydrogen-bond acceptors (Lipinski definition) is 3. The first kappa shape index (κ1) is 15.0. The Kier molecular flexibility index (Phi) is 4.47. The Morgan fingerprint density at radius 1 is 1.20 bits per heavy atom. The van der Waals surface area contributed by atoms with E-state index in [2.05, 4.69) is 15.9 Å². The molecule has 0 bridgehead atoms. The highest BCUT2D eigenvalue weighted by Crippen LogP contribution is 2.39. The Labute approximate surface area is 131 Å². The summed E-state index contributed by atoms with van der Waals surface area (Å²) in [5.74, 6) is -0.0911. The van der Waals surface area contributed by atoms with Crippen molar-refractivity contribution in [2.75, 3.05) is 0 Å². The Morgan fingerprint density at radius 2 is 1.80 bits per heavy atom. The summed E-state index contributed by atoms with van der Waals surface area (Å²) >= 11 is 14.8. The van der Waals surface area contributed by atoms with Crippen LogP contribution in [0.25, 0.3) is 0 Å². The average molecular weight is 381 g/mol. The highest BCUT2D eigenvalue weighted by Gasteiger charge is 2.16. The minimum Gasteiger partial charge on any atom is -0.454 e. The highest BCUT2D eigenvalue weighted by molar-refractivity contribution is 9.10. The fourth-order valence-corrected chi connectivity index (χ4v) is 2.32. The first-order valence-electron chi connectivity index (χ1n) is 5.15. The quantitative estimate of drug-likeness (QED) is 0.514. The van der Waals surface area contributed by atoms with Crippen molar-refractivity contribution in [2.24, 2.45) is 0 Å². The van der Waals surface area contributed by atoms with Crippen LogP contribution in [0.15, 0.2) is 34.8 Å². The predicted octanol–water partition coefficient (Wildman–Crippen LogP) is 5.60. The number of hydrogen-bond donors (Lipinski definition) is 0. The molecule has 2 aromatic rings. The molecule has 0 saturated heterocycles. The van der Waals surface area contributed by atoms with E-state index in [9.17, 15) is 14.5 Å². The minimum atomic E-state index is -0.615. The fourth-order valence-electron chi connectivity index (χ4n) is 1.41. The molecule has 20 heavy (non-hydrogen) atoms. The molecular formula is C12H5BrCl2FNO3. The molecule has 0 aliphatic heterocycles. The lowest BCUT2D eigenvalue weighted by Gasteiger charge is -2.10. The van der Waals surface area contributed by atoms with Crippen molar-refractivity contribution in [3.63, 3.8) is 0 Å². The third kappa shape index (κ3) is 3.20. The molecule has 0 aliphatic carbocycles. The van der Waals surface area contributed by atoms with Gasteiger partial charge < -0.3 is 4.74 Å². The van der Waals surface area contributed by atoms with Gasteiger partial charge in [0.15, 0.2) is 5.75 Å². The molecular weight excluding hydrogens is 376 g/mol. The molecule has 2 rings (SSSR count). The first-order valence-corrected chi connectivity index (χ1v) is 6.69. The molecule has 0 aliphatic rings. The van der Waals surface area contributed by atoms with E-state index in [1.165, 1.54) is 18.2 Å². The molecule has 0 radical (unpaired) electrons.